The van der Waals surface area contributed by atoms with E-state index in [0.29, 0.717) is 11.1 Å². The van der Waals surface area contributed by atoms with Crippen LogP contribution in [0.3, 0.4) is 0 Å². The van der Waals surface area contributed by atoms with Crippen LogP contribution >= 0.6 is 0 Å². The molecule has 0 amide bonds. The van der Waals surface area contributed by atoms with Gasteiger partial charge in [-0.3, -0.25) is 0 Å². The van der Waals surface area contributed by atoms with Gasteiger partial charge in [-0.15, -0.1) is 0 Å². The zero-order valence-corrected chi connectivity index (χ0v) is 9.49. The van der Waals surface area contributed by atoms with Crippen molar-refractivity contribution in [1.82, 2.24) is 0 Å². The van der Waals surface area contributed by atoms with E-state index in [1.807, 2.05) is 6.92 Å². The fraction of sp³-hybridized carbons (Fsp3) is 0.0714. The van der Waals surface area contributed by atoms with Crippen LogP contribution in [0.1, 0.15) is 6.92 Å². The van der Waals surface area contributed by atoms with Gasteiger partial charge in [0.25, 0.3) is 0 Å². The van der Waals surface area contributed by atoms with Crippen LogP contribution in [0.15, 0.2) is 72.9 Å². The number of hydrogen-bond donors (Lipinski definition) is 1. The molecule has 0 radical (unpaired) electrons. The summed E-state index contributed by atoms with van der Waals surface area (Å²) in [6.07, 6.45) is 6.23. The average molecular weight is 216 g/mol. The Bertz CT molecular complexity index is 406. The third-order valence-corrected chi connectivity index (χ3v) is 1.78. The second-order valence-electron chi connectivity index (χ2n) is 3.34. The molecular formula is C14H16O2. The highest BCUT2D eigenvalue weighted by atomic mass is 16.4. The molecule has 0 aliphatic heterocycles. The summed E-state index contributed by atoms with van der Waals surface area (Å²) in [7, 11) is 0. The molecule has 0 bridgehead atoms. The lowest BCUT2D eigenvalue weighted by Gasteiger charge is -2.00. The Morgan fingerprint density at radius 2 is 1.69 bits per heavy atom. The number of carboxylic acids is 1. The number of rotatable bonds is 6. The molecule has 0 atom stereocenters. The van der Waals surface area contributed by atoms with E-state index in [1.165, 1.54) is 12.2 Å². The van der Waals surface area contributed by atoms with Crippen molar-refractivity contribution in [2.75, 3.05) is 0 Å². The Morgan fingerprint density at radius 1 is 1.12 bits per heavy atom. The molecule has 0 saturated heterocycles. The topological polar surface area (TPSA) is 37.3 Å². The normalized spacial score (nSPS) is 11.2. The zero-order valence-electron chi connectivity index (χ0n) is 9.49. The van der Waals surface area contributed by atoms with Gasteiger partial charge in [0.2, 0.25) is 0 Å². The van der Waals surface area contributed by atoms with Crippen LogP contribution in [-0.4, -0.2) is 11.1 Å². The molecule has 0 aliphatic rings. The van der Waals surface area contributed by atoms with Crippen molar-refractivity contribution < 1.29 is 9.90 Å². The van der Waals surface area contributed by atoms with Crippen LogP contribution in [0.25, 0.3) is 0 Å². The molecular weight excluding hydrogens is 200 g/mol. The van der Waals surface area contributed by atoms with E-state index in [2.05, 4.69) is 26.3 Å². The molecule has 2 heteroatoms. The standard InChI is InChI=1S/C14H16O2/c1-6-13(14(15)16)9-12(5)11(4)8-7-10(2)3/h6-9H,1-2,4-5H2,3H3,(H,15,16)/b8-7-,13-9+. The highest BCUT2D eigenvalue weighted by Crippen LogP contribution is 2.12. The van der Waals surface area contributed by atoms with Gasteiger partial charge in [-0.25, -0.2) is 4.79 Å². The highest BCUT2D eigenvalue weighted by Gasteiger charge is 2.03. The lowest BCUT2D eigenvalue weighted by Crippen LogP contribution is -1.97. The van der Waals surface area contributed by atoms with Crippen molar-refractivity contribution in [3.05, 3.63) is 72.9 Å². The van der Waals surface area contributed by atoms with Crippen LogP contribution in [-0.2, 0) is 4.79 Å². The fourth-order valence-electron chi connectivity index (χ4n) is 0.838. The van der Waals surface area contributed by atoms with E-state index >= 15 is 0 Å². The number of aliphatic carboxylic acids is 1. The molecule has 0 aromatic rings. The molecule has 0 spiro atoms. The first-order chi connectivity index (χ1) is 7.38. The second-order valence-corrected chi connectivity index (χ2v) is 3.34. The average Bonchev–Trinajstić information content (AvgIpc) is 2.21. The van der Waals surface area contributed by atoms with Gasteiger partial charge in [-0.2, -0.15) is 0 Å². The summed E-state index contributed by atoms with van der Waals surface area (Å²) in [4.78, 5) is 10.7. The van der Waals surface area contributed by atoms with Gasteiger partial charge in [0.1, 0.15) is 0 Å². The highest BCUT2D eigenvalue weighted by molar-refractivity contribution is 5.90. The molecule has 0 heterocycles. The van der Waals surface area contributed by atoms with Crippen LogP contribution in [0.2, 0.25) is 0 Å². The Kier molecular flexibility index (Phi) is 5.57. The van der Waals surface area contributed by atoms with E-state index in [1.54, 1.807) is 12.2 Å². The smallest absolute Gasteiger partial charge is 0.335 e. The second kappa shape index (κ2) is 6.40. The SMILES string of the molecule is C=C/C(=C\C(=C)C(=C)/C=C\C(=C)C)C(=O)O. The summed E-state index contributed by atoms with van der Waals surface area (Å²) in [5, 5.41) is 8.78. The minimum absolute atomic E-state index is 0.0925. The number of hydrogen-bond acceptors (Lipinski definition) is 1. The molecule has 16 heavy (non-hydrogen) atoms. The lowest BCUT2D eigenvalue weighted by atomic mass is 10.1. The third-order valence-electron chi connectivity index (χ3n) is 1.78. The summed E-state index contributed by atoms with van der Waals surface area (Å²) in [5.41, 5.74) is 2.16. The van der Waals surface area contributed by atoms with Gasteiger partial charge < -0.3 is 5.11 Å². The monoisotopic (exact) mass is 216 g/mol. The van der Waals surface area contributed by atoms with Gasteiger partial charge >= 0.3 is 5.97 Å². The quantitative estimate of drug-likeness (QED) is 0.545. The van der Waals surface area contributed by atoms with Crippen molar-refractivity contribution in [3.8, 4) is 0 Å². The van der Waals surface area contributed by atoms with Crippen molar-refractivity contribution in [2.45, 2.75) is 6.92 Å². The summed E-state index contributed by atoms with van der Waals surface area (Å²) >= 11 is 0. The maximum absolute atomic E-state index is 10.7. The van der Waals surface area contributed by atoms with Gasteiger partial charge in [-0.1, -0.05) is 50.1 Å². The van der Waals surface area contributed by atoms with Gasteiger partial charge in [0.05, 0.1) is 5.57 Å². The van der Waals surface area contributed by atoms with Gasteiger partial charge in [0, 0.05) is 0 Å². The van der Waals surface area contributed by atoms with Crippen LogP contribution in [0, 0.1) is 0 Å². The third kappa shape index (κ3) is 4.96. The molecule has 0 saturated carbocycles. The summed E-state index contributed by atoms with van der Waals surface area (Å²) in [6, 6.07) is 0. The van der Waals surface area contributed by atoms with E-state index < -0.39 is 5.97 Å². The van der Waals surface area contributed by atoms with Crippen molar-refractivity contribution in [1.29, 1.82) is 0 Å². The van der Waals surface area contributed by atoms with Crippen LogP contribution in [0.5, 0.6) is 0 Å². The Labute approximate surface area is 96.3 Å². The van der Waals surface area contributed by atoms with E-state index in [9.17, 15) is 4.79 Å². The van der Waals surface area contributed by atoms with Crippen molar-refractivity contribution >= 4 is 5.97 Å². The molecule has 0 unspecified atom stereocenters. The molecule has 0 rings (SSSR count). The first kappa shape index (κ1) is 13.9. The summed E-state index contributed by atoms with van der Waals surface area (Å²) < 4.78 is 0. The largest absolute Gasteiger partial charge is 0.478 e. The Morgan fingerprint density at radius 3 is 2.06 bits per heavy atom. The van der Waals surface area contributed by atoms with E-state index in [-0.39, 0.29) is 5.57 Å². The van der Waals surface area contributed by atoms with Crippen molar-refractivity contribution in [3.63, 3.8) is 0 Å². The van der Waals surface area contributed by atoms with Crippen molar-refractivity contribution in [2.24, 2.45) is 0 Å². The number of allylic oxidation sites excluding steroid dienone is 6. The molecule has 2 nitrogen and oxygen atoms in total. The first-order valence-electron chi connectivity index (χ1n) is 4.67. The molecule has 0 fully saturated rings. The molecule has 84 valence electrons. The predicted octanol–water partition coefficient (Wildman–Crippen LogP) is 3.43. The maximum Gasteiger partial charge on any atom is 0.335 e. The Hall–Kier alpha value is -2.09. The van der Waals surface area contributed by atoms with Gasteiger partial charge in [0.15, 0.2) is 0 Å². The summed E-state index contributed by atoms with van der Waals surface area (Å²) in [5.74, 6) is -1.03. The van der Waals surface area contributed by atoms with Crippen LogP contribution in [0.4, 0.5) is 0 Å². The van der Waals surface area contributed by atoms with Crippen LogP contribution < -0.4 is 0 Å². The number of carboxylic acid groups (broad SMARTS) is 1. The Balaban J connectivity index is 4.82. The fourth-order valence-corrected chi connectivity index (χ4v) is 0.838. The van der Waals surface area contributed by atoms with E-state index in [0.717, 1.165) is 5.57 Å². The molecule has 0 aromatic carbocycles. The minimum atomic E-state index is -1.03. The zero-order chi connectivity index (χ0) is 12.7. The minimum Gasteiger partial charge on any atom is -0.478 e. The maximum atomic E-state index is 10.7. The lowest BCUT2D eigenvalue weighted by molar-refractivity contribution is -0.132. The molecule has 1 N–H and O–H groups in total. The number of carbonyl (C=O) groups is 1. The van der Waals surface area contributed by atoms with Gasteiger partial charge in [-0.05, 0) is 24.1 Å². The first-order valence-corrected chi connectivity index (χ1v) is 4.67. The van der Waals surface area contributed by atoms with E-state index in [4.69, 9.17) is 5.11 Å². The predicted molar refractivity (Wildman–Crippen MR) is 68.1 cm³/mol. The molecule has 0 aliphatic carbocycles. The molecule has 0 aromatic heterocycles. The summed E-state index contributed by atoms with van der Waals surface area (Å²) in [6.45, 7) is 16.5.